The molecule has 0 amide bonds. The predicted octanol–water partition coefficient (Wildman–Crippen LogP) is 2.34. The molecule has 7 nitrogen and oxygen atoms in total. The summed E-state index contributed by atoms with van der Waals surface area (Å²) in [5.74, 6) is 0.330. The molecule has 1 aromatic rings. The van der Waals surface area contributed by atoms with E-state index >= 15 is 0 Å². The highest BCUT2D eigenvalue weighted by Crippen LogP contribution is 2.27. The number of ether oxygens (including phenoxy) is 1. The van der Waals surface area contributed by atoms with Gasteiger partial charge in [-0.2, -0.15) is 4.31 Å². The fraction of sp³-hybridized carbons (Fsp3) is 0.684. The van der Waals surface area contributed by atoms with E-state index in [1.54, 1.807) is 0 Å². The van der Waals surface area contributed by atoms with Crippen LogP contribution >= 0.6 is 0 Å². The van der Waals surface area contributed by atoms with E-state index < -0.39 is 20.0 Å². The van der Waals surface area contributed by atoms with E-state index in [1.165, 1.54) is 28.6 Å². The number of piperidine rings is 1. The van der Waals surface area contributed by atoms with Crippen molar-refractivity contribution in [1.82, 2.24) is 9.03 Å². The van der Waals surface area contributed by atoms with E-state index in [9.17, 15) is 16.8 Å². The maximum absolute atomic E-state index is 12.8. The Morgan fingerprint density at radius 3 is 2.32 bits per heavy atom. The first kappa shape index (κ1) is 21.7. The predicted molar refractivity (Wildman–Crippen MR) is 107 cm³/mol. The third-order valence-electron chi connectivity index (χ3n) is 5.41. The molecule has 2 aliphatic heterocycles. The largest absolute Gasteiger partial charge is 0.375 e. The molecule has 0 aliphatic carbocycles. The highest BCUT2D eigenvalue weighted by atomic mass is 32.2. The molecule has 0 unspecified atom stereocenters. The first-order chi connectivity index (χ1) is 13.0. The summed E-state index contributed by atoms with van der Waals surface area (Å²) in [6, 6.07) is 5.31. The van der Waals surface area contributed by atoms with Gasteiger partial charge in [-0.25, -0.2) is 21.6 Å². The molecule has 158 valence electrons. The molecule has 0 bridgehead atoms. The SMILES string of the molecule is C[C@H]1CCCN(S(=O)(=O)c2ccc(S(=O)(=O)N[C@@H]3CCOC(C)(C)C3)cc2)C1. The highest BCUT2D eigenvalue weighted by molar-refractivity contribution is 7.89. The lowest BCUT2D eigenvalue weighted by Gasteiger charge is -2.35. The van der Waals surface area contributed by atoms with Crippen LogP contribution in [0.15, 0.2) is 34.1 Å². The van der Waals surface area contributed by atoms with Gasteiger partial charge in [0.1, 0.15) is 0 Å². The molecule has 2 saturated heterocycles. The first-order valence-electron chi connectivity index (χ1n) is 9.76. The van der Waals surface area contributed by atoms with Crippen LogP contribution in [0.5, 0.6) is 0 Å². The number of benzene rings is 1. The van der Waals surface area contributed by atoms with Crippen LogP contribution in [0.1, 0.15) is 46.5 Å². The average Bonchev–Trinajstić information content (AvgIpc) is 2.60. The van der Waals surface area contributed by atoms with E-state index in [0.717, 1.165) is 12.8 Å². The fourth-order valence-electron chi connectivity index (χ4n) is 3.92. The van der Waals surface area contributed by atoms with Crippen molar-refractivity contribution in [2.45, 2.75) is 67.9 Å². The van der Waals surface area contributed by atoms with E-state index in [-0.39, 0.29) is 21.4 Å². The van der Waals surface area contributed by atoms with Crippen molar-refractivity contribution >= 4 is 20.0 Å². The van der Waals surface area contributed by atoms with E-state index in [4.69, 9.17) is 4.74 Å². The van der Waals surface area contributed by atoms with Gasteiger partial charge in [0, 0.05) is 25.7 Å². The van der Waals surface area contributed by atoms with Crippen LogP contribution in [0.4, 0.5) is 0 Å². The number of rotatable bonds is 5. The van der Waals surface area contributed by atoms with Gasteiger partial charge in [0.2, 0.25) is 20.0 Å². The van der Waals surface area contributed by atoms with Gasteiger partial charge in [-0.05, 0) is 69.7 Å². The molecule has 2 atom stereocenters. The maximum Gasteiger partial charge on any atom is 0.243 e. The molecule has 2 heterocycles. The van der Waals surface area contributed by atoms with Crippen LogP contribution in [-0.2, 0) is 24.8 Å². The van der Waals surface area contributed by atoms with Crippen molar-refractivity contribution in [2.24, 2.45) is 5.92 Å². The second-order valence-corrected chi connectivity index (χ2v) is 12.2. The van der Waals surface area contributed by atoms with Gasteiger partial charge in [-0.1, -0.05) is 6.92 Å². The summed E-state index contributed by atoms with van der Waals surface area (Å²) in [6.45, 7) is 7.44. The Balaban J connectivity index is 1.74. The zero-order valence-corrected chi connectivity index (χ0v) is 18.4. The van der Waals surface area contributed by atoms with Crippen LogP contribution in [0.25, 0.3) is 0 Å². The number of hydrogen-bond acceptors (Lipinski definition) is 5. The molecule has 0 spiro atoms. The van der Waals surface area contributed by atoms with Gasteiger partial charge >= 0.3 is 0 Å². The zero-order chi connectivity index (χ0) is 20.6. The molecule has 2 fully saturated rings. The zero-order valence-electron chi connectivity index (χ0n) is 16.7. The number of nitrogens with zero attached hydrogens (tertiary/aromatic N) is 1. The standard InChI is InChI=1S/C19H30N2O5S2/c1-15-5-4-11-21(14-15)28(24,25)18-8-6-17(7-9-18)27(22,23)20-16-10-12-26-19(2,3)13-16/h6-9,15-16,20H,4-5,10-14H2,1-3H3/t15-,16+/m0/s1. The molecule has 0 radical (unpaired) electrons. The molecular formula is C19H30N2O5S2. The lowest BCUT2D eigenvalue weighted by atomic mass is 9.95. The summed E-state index contributed by atoms with van der Waals surface area (Å²) in [6.07, 6.45) is 3.07. The minimum absolute atomic E-state index is 0.0720. The van der Waals surface area contributed by atoms with Gasteiger partial charge in [0.25, 0.3) is 0 Å². The van der Waals surface area contributed by atoms with Crippen molar-refractivity contribution in [3.8, 4) is 0 Å². The lowest BCUT2D eigenvalue weighted by Crippen LogP contribution is -2.45. The molecule has 1 aromatic carbocycles. The van der Waals surface area contributed by atoms with Crippen molar-refractivity contribution in [1.29, 1.82) is 0 Å². The molecule has 9 heteroatoms. The van der Waals surface area contributed by atoms with Gasteiger partial charge in [0.15, 0.2) is 0 Å². The summed E-state index contributed by atoms with van der Waals surface area (Å²) >= 11 is 0. The second kappa shape index (κ2) is 8.02. The minimum atomic E-state index is -3.72. The first-order valence-corrected chi connectivity index (χ1v) is 12.7. The Bertz CT molecular complexity index is 895. The van der Waals surface area contributed by atoms with E-state index in [0.29, 0.717) is 38.5 Å². The summed E-state index contributed by atoms with van der Waals surface area (Å²) in [7, 11) is -7.32. The van der Waals surface area contributed by atoms with Gasteiger partial charge in [-0.15, -0.1) is 0 Å². The lowest BCUT2D eigenvalue weighted by molar-refractivity contribution is -0.0599. The maximum atomic E-state index is 12.8. The van der Waals surface area contributed by atoms with Gasteiger partial charge in [0.05, 0.1) is 15.4 Å². The Morgan fingerprint density at radius 2 is 1.71 bits per heavy atom. The summed E-state index contributed by atoms with van der Waals surface area (Å²) < 4.78 is 60.9. The summed E-state index contributed by atoms with van der Waals surface area (Å²) in [5.41, 5.74) is -0.366. The Labute approximate surface area is 168 Å². The van der Waals surface area contributed by atoms with Gasteiger partial charge < -0.3 is 4.74 Å². The minimum Gasteiger partial charge on any atom is -0.375 e. The van der Waals surface area contributed by atoms with E-state index in [2.05, 4.69) is 4.72 Å². The van der Waals surface area contributed by atoms with Crippen LogP contribution < -0.4 is 4.72 Å². The topological polar surface area (TPSA) is 92.8 Å². The third-order valence-corrected chi connectivity index (χ3v) is 8.83. The summed E-state index contributed by atoms with van der Waals surface area (Å²) in [5, 5.41) is 0. The van der Waals surface area contributed by atoms with Crippen molar-refractivity contribution in [3.63, 3.8) is 0 Å². The number of sulfonamides is 2. The molecule has 0 saturated carbocycles. The van der Waals surface area contributed by atoms with Crippen molar-refractivity contribution in [2.75, 3.05) is 19.7 Å². The Hall–Kier alpha value is -1.00. The molecule has 3 rings (SSSR count). The molecule has 28 heavy (non-hydrogen) atoms. The van der Waals surface area contributed by atoms with Crippen LogP contribution in [0, 0.1) is 5.92 Å². The number of hydrogen-bond donors (Lipinski definition) is 1. The molecule has 2 aliphatic rings. The average molecular weight is 431 g/mol. The Kier molecular flexibility index (Phi) is 6.22. The third kappa shape index (κ3) is 4.94. The van der Waals surface area contributed by atoms with Crippen LogP contribution in [-0.4, -0.2) is 52.5 Å². The number of nitrogens with one attached hydrogen (secondary N) is 1. The molecule has 0 aromatic heterocycles. The quantitative estimate of drug-likeness (QED) is 0.774. The summed E-state index contributed by atoms with van der Waals surface area (Å²) in [4.78, 5) is 0.204. The van der Waals surface area contributed by atoms with Crippen LogP contribution in [0.3, 0.4) is 0 Å². The van der Waals surface area contributed by atoms with Crippen LogP contribution in [0.2, 0.25) is 0 Å². The highest BCUT2D eigenvalue weighted by Gasteiger charge is 2.32. The monoisotopic (exact) mass is 430 g/mol. The normalized spacial score (nSPS) is 26.8. The van der Waals surface area contributed by atoms with Crippen molar-refractivity contribution < 1.29 is 21.6 Å². The molecule has 1 N–H and O–H groups in total. The smallest absolute Gasteiger partial charge is 0.243 e. The fourth-order valence-corrected chi connectivity index (χ4v) is 6.79. The molecular weight excluding hydrogens is 400 g/mol. The Morgan fingerprint density at radius 1 is 1.07 bits per heavy atom. The second-order valence-electron chi connectivity index (χ2n) is 8.50. The van der Waals surface area contributed by atoms with Gasteiger partial charge in [-0.3, -0.25) is 0 Å². The van der Waals surface area contributed by atoms with Crippen molar-refractivity contribution in [3.05, 3.63) is 24.3 Å². The van der Waals surface area contributed by atoms with E-state index in [1.807, 2.05) is 20.8 Å².